The maximum atomic E-state index is 13.3. The zero-order valence-electron chi connectivity index (χ0n) is 18.6. The number of carbonyl (C=O) groups excluding carboxylic acids is 3. The molecule has 14 heteroatoms. The highest BCUT2D eigenvalue weighted by Gasteiger charge is 2.30. The van der Waals surface area contributed by atoms with Gasteiger partial charge in [-0.2, -0.15) is 5.10 Å². The third kappa shape index (κ3) is 5.73. The molecule has 0 radical (unpaired) electrons. The smallest absolute Gasteiger partial charge is 0.274 e. The molecule has 2 N–H and O–H groups in total. The van der Waals surface area contributed by atoms with Crippen molar-refractivity contribution in [3.8, 4) is 5.82 Å². The first-order valence-electron chi connectivity index (χ1n) is 10.6. The maximum Gasteiger partial charge on any atom is 0.274 e. The van der Waals surface area contributed by atoms with Crippen molar-refractivity contribution in [2.75, 3.05) is 18.5 Å². The predicted octanol–water partition coefficient (Wildman–Crippen LogP) is 4.63. The molecule has 2 aromatic heterocycles. The maximum absolute atomic E-state index is 13.3. The Labute approximate surface area is 232 Å². The summed E-state index contributed by atoms with van der Waals surface area (Å²) >= 11 is 19.1. The summed E-state index contributed by atoms with van der Waals surface area (Å²) in [7, 11) is 0. The number of hydrogen-bond donors (Lipinski definition) is 2. The van der Waals surface area contributed by atoms with E-state index in [0.717, 1.165) is 0 Å². The number of hydrogen-bond acceptors (Lipinski definition) is 6. The number of anilines is 1. The van der Waals surface area contributed by atoms with Gasteiger partial charge in [-0.3, -0.25) is 19.2 Å². The normalized spacial score (nSPS) is 15.1. The van der Waals surface area contributed by atoms with Crippen LogP contribution in [0.3, 0.4) is 0 Å². The van der Waals surface area contributed by atoms with Crippen molar-refractivity contribution in [2.45, 2.75) is 19.4 Å². The first kappa shape index (κ1) is 26.6. The van der Waals surface area contributed by atoms with Crippen molar-refractivity contribution in [1.29, 1.82) is 0 Å². The molecule has 3 heterocycles. The standard InChI is InChI=1S/C22H18Br2Cl2N6O4/c1-2-18(33)31-9-12(10-36-31)28-21(34)13-6-11(25)7-14(23)19(13)29-22(35)16-8-17(24)30-32(16)20-15(26)4-3-5-27-20/h3-8,12H,2,9-10H2,1H3,(H,28,34)(H,29,35). The zero-order valence-corrected chi connectivity index (χ0v) is 23.3. The third-order valence-electron chi connectivity index (χ3n) is 5.12. The van der Waals surface area contributed by atoms with Gasteiger partial charge >= 0.3 is 0 Å². The van der Waals surface area contributed by atoms with Gasteiger partial charge in [-0.25, -0.2) is 14.7 Å². The van der Waals surface area contributed by atoms with Crippen molar-refractivity contribution < 1.29 is 19.2 Å². The van der Waals surface area contributed by atoms with E-state index >= 15 is 0 Å². The molecule has 1 fully saturated rings. The highest BCUT2D eigenvalue weighted by Crippen LogP contribution is 2.32. The van der Waals surface area contributed by atoms with Crippen molar-refractivity contribution >= 4 is 78.5 Å². The summed E-state index contributed by atoms with van der Waals surface area (Å²) in [5, 5.41) is 11.6. The second kappa shape index (κ2) is 11.3. The van der Waals surface area contributed by atoms with E-state index in [1.165, 1.54) is 28.1 Å². The van der Waals surface area contributed by atoms with Gasteiger partial charge in [0.05, 0.1) is 35.5 Å². The Bertz CT molecular complexity index is 1350. The summed E-state index contributed by atoms with van der Waals surface area (Å²) in [6.45, 7) is 2.07. The fourth-order valence-corrected chi connectivity index (χ4v) is 4.94. The van der Waals surface area contributed by atoms with Gasteiger partial charge < -0.3 is 10.6 Å². The van der Waals surface area contributed by atoms with Crippen molar-refractivity contribution in [1.82, 2.24) is 25.1 Å². The monoisotopic (exact) mass is 658 g/mol. The first-order valence-corrected chi connectivity index (χ1v) is 12.9. The number of rotatable bonds is 6. The van der Waals surface area contributed by atoms with E-state index in [0.29, 0.717) is 14.1 Å². The first-order chi connectivity index (χ1) is 17.2. The molecule has 0 aliphatic carbocycles. The van der Waals surface area contributed by atoms with Crippen LogP contribution in [0.25, 0.3) is 5.82 Å². The lowest BCUT2D eigenvalue weighted by Gasteiger charge is -2.17. The van der Waals surface area contributed by atoms with Crippen LogP contribution in [0.2, 0.25) is 10.0 Å². The minimum absolute atomic E-state index is 0.115. The lowest BCUT2D eigenvalue weighted by molar-refractivity contribution is -0.168. The van der Waals surface area contributed by atoms with Crippen molar-refractivity contribution in [3.63, 3.8) is 0 Å². The lowest BCUT2D eigenvalue weighted by atomic mass is 10.1. The summed E-state index contributed by atoms with van der Waals surface area (Å²) in [5.74, 6) is -0.997. The summed E-state index contributed by atoms with van der Waals surface area (Å²) in [6.07, 6.45) is 1.81. The van der Waals surface area contributed by atoms with Crippen LogP contribution in [-0.2, 0) is 9.63 Å². The Balaban J connectivity index is 1.60. The predicted molar refractivity (Wildman–Crippen MR) is 140 cm³/mol. The van der Waals surface area contributed by atoms with E-state index in [1.807, 2.05) is 0 Å². The molecule has 1 aliphatic rings. The van der Waals surface area contributed by atoms with Gasteiger partial charge in [0.1, 0.15) is 10.3 Å². The molecule has 188 valence electrons. The molecule has 1 unspecified atom stereocenters. The van der Waals surface area contributed by atoms with Gasteiger partial charge in [-0.05, 0) is 56.1 Å². The average molecular weight is 661 g/mol. The van der Waals surface area contributed by atoms with Gasteiger partial charge in [0.15, 0.2) is 5.82 Å². The topological polar surface area (TPSA) is 118 Å². The molecule has 1 aromatic carbocycles. The Morgan fingerprint density at radius 2 is 1.97 bits per heavy atom. The molecule has 3 amide bonds. The minimum Gasteiger partial charge on any atom is -0.345 e. The fraction of sp³-hybridized carbons (Fsp3) is 0.227. The second-order valence-electron chi connectivity index (χ2n) is 7.61. The molecule has 0 bridgehead atoms. The van der Waals surface area contributed by atoms with E-state index in [1.54, 1.807) is 25.1 Å². The quantitative estimate of drug-likeness (QED) is 0.398. The molecule has 1 aliphatic heterocycles. The molecule has 10 nitrogen and oxygen atoms in total. The summed E-state index contributed by atoms with van der Waals surface area (Å²) in [6, 6.07) is 7.34. The number of benzene rings is 1. The van der Waals surface area contributed by atoms with Crippen LogP contribution in [0.5, 0.6) is 0 Å². The van der Waals surface area contributed by atoms with Crippen LogP contribution in [0, 0.1) is 0 Å². The molecule has 0 saturated carbocycles. The summed E-state index contributed by atoms with van der Waals surface area (Å²) in [5.41, 5.74) is 0.427. The second-order valence-corrected chi connectivity index (χ2v) is 10.1. The van der Waals surface area contributed by atoms with Gasteiger partial charge in [0.25, 0.3) is 11.8 Å². The van der Waals surface area contributed by atoms with Crippen molar-refractivity contribution in [2.24, 2.45) is 0 Å². The number of pyridine rings is 1. The van der Waals surface area contributed by atoms with E-state index in [-0.39, 0.29) is 53.3 Å². The van der Waals surface area contributed by atoms with Crippen LogP contribution >= 0.6 is 55.1 Å². The summed E-state index contributed by atoms with van der Waals surface area (Å²) < 4.78 is 2.07. The zero-order chi connectivity index (χ0) is 26.0. The molecular weight excluding hydrogens is 643 g/mol. The van der Waals surface area contributed by atoms with Crippen LogP contribution in [0.1, 0.15) is 34.2 Å². The lowest BCUT2D eigenvalue weighted by Crippen LogP contribution is -2.39. The minimum atomic E-state index is -0.573. The number of nitrogens with zero attached hydrogens (tertiary/aromatic N) is 4. The molecule has 0 spiro atoms. The van der Waals surface area contributed by atoms with E-state index in [2.05, 4.69) is 52.6 Å². The fourth-order valence-electron chi connectivity index (χ4n) is 3.45. The van der Waals surface area contributed by atoms with Gasteiger partial charge in [-0.15, -0.1) is 0 Å². The Morgan fingerprint density at radius 3 is 2.69 bits per heavy atom. The van der Waals surface area contributed by atoms with Crippen molar-refractivity contribution in [3.05, 3.63) is 66.9 Å². The third-order valence-corrected chi connectivity index (χ3v) is 6.65. The highest BCUT2D eigenvalue weighted by molar-refractivity contribution is 9.10. The molecule has 1 atom stereocenters. The van der Waals surface area contributed by atoms with Gasteiger partial charge in [0, 0.05) is 28.2 Å². The van der Waals surface area contributed by atoms with Crippen LogP contribution in [0.15, 0.2) is 45.6 Å². The van der Waals surface area contributed by atoms with E-state index < -0.39 is 17.9 Å². The van der Waals surface area contributed by atoms with E-state index in [4.69, 9.17) is 28.0 Å². The number of halogens is 4. The largest absolute Gasteiger partial charge is 0.345 e. The highest BCUT2D eigenvalue weighted by atomic mass is 79.9. The number of hydroxylamine groups is 2. The number of nitrogens with one attached hydrogen (secondary N) is 2. The van der Waals surface area contributed by atoms with Crippen LogP contribution in [-0.4, -0.2) is 56.7 Å². The molecular formula is C22H18Br2Cl2N6O4. The number of carbonyl (C=O) groups is 3. The Morgan fingerprint density at radius 1 is 1.19 bits per heavy atom. The molecule has 36 heavy (non-hydrogen) atoms. The SMILES string of the molecule is CCC(=O)N1CC(NC(=O)c2cc(Cl)cc(Br)c2NC(=O)c2cc(Br)nn2-c2ncccc2Cl)CO1. The molecule has 1 saturated heterocycles. The van der Waals surface area contributed by atoms with E-state index in [9.17, 15) is 14.4 Å². The molecule has 3 aromatic rings. The van der Waals surface area contributed by atoms with Gasteiger partial charge in [-0.1, -0.05) is 30.1 Å². The van der Waals surface area contributed by atoms with Gasteiger partial charge in [0.2, 0.25) is 5.91 Å². The number of amides is 3. The average Bonchev–Trinajstić information content (AvgIpc) is 3.47. The summed E-state index contributed by atoms with van der Waals surface area (Å²) in [4.78, 5) is 47.9. The van der Waals surface area contributed by atoms with Crippen LogP contribution < -0.4 is 10.6 Å². The Kier molecular flexibility index (Phi) is 8.30. The number of aromatic nitrogens is 3. The Hall–Kier alpha value is -2.51. The van der Waals surface area contributed by atoms with Crippen LogP contribution in [0.4, 0.5) is 5.69 Å². The molecule has 4 rings (SSSR count).